The van der Waals surface area contributed by atoms with Gasteiger partial charge in [0.25, 0.3) is 0 Å². The summed E-state index contributed by atoms with van der Waals surface area (Å²) in [5.41, 5.74) is 16.7. The maximum Gasteiger partial charge on any atom is 0.0536 e. The van der Waals surface area contributed by atoms with Gasteiger partial charge in [0.15, 0.2) is 0 Å². The summed E-state index contributed by atoms with van der Waals surface area (Å²) >= 11 is 0. The van der Waals surface area contributed by atoms with E-state index < -0.39 is 0 Å². The Labute approximate surface area is 318 Å². The van der Waals surface area contributed by atoms with Gasteiger partial charge in [-0.2, -0.15) is 0 Å². The summed E-state index contributed by atoms with van der Waals surface area (Å²) in [6.07, 6.45) is 6.75. The molecule has 0 aliphatic heterocycles. The zero-order chi connectivity index (χ0) is 36.1. The van der Waals surface area contributed by atoms with Crippen molar-refractivity contribution in [3.8, 4) is 33.4 Å². The minimum atomic E-state index is 1.08. The van der Waals surface area contributed by atoms with Crippen molar-refractivity contribution in [3.63, 3.8) is 0 Å². The van der Waals surface area contributed by atoms with Gasteiger partial charge in [0, 0.05) is 34.0 Å². The van der Waals surface area contributed by atoms with E-state index in [1.807, 2.05) is 0 Å². The average Bonchev–Trinajstić information content (AvgIpc) is 3.26. The van der Waals surface area contributed by atoms with Crippen LogP contribution in [0.5, 0.6) is 0 Å². The van der Waals surface area contributed by atoms with Crippen LogP contribution < -0.4 is 9.80 Å². The van der Waals surface area contributed by atoms with Crippen molar-refractivity contribution >= 4 is 40.2 Å². The highest BCUT2D eigenvalue weighted by Crippen LogP contribution is 2.41. The van der Waals surface area contributed by atoms with E-state index in [0.717, 1.165) is 41.3 Å². The van der Waals surface area contributed by atoms with E-state index >= 15 is 0 Å². The summed E-state index contributed by atoms with van der Waals surface area (Å²) in [6.45, 7) is 0. The molecule has 0 saturated heterocycles. The van der Waals surface area contributed by atoms with Crippen LogP contribution in [0.2, 0.25) is 0 Å². The number of fused-ring (bicyclic) bond motifs is 1. The molecule has 0 bridgehead atoms. The predicted octanol–water partition coefficient (Wildman–Crippen LogP) is 14.6. The molecule has 258 valence electrons. The highest BCUT2D eigenvalue weighted by molar-refractivity contribution is 5.85. The molecule has 0 amide bonds. The molecule has 9 rings (SSSR count). The Morgan fingerprint density at radius 2 is 0.667 bits per heavy atom. The van der Waals surface area contributed by atoms with Crippen molar-refractivity contribution in [2.24, 2.45) is 0 Å². The number of rotatable bonds is 9. The number of para-hydroxylation sites is 1. The number of allylic oxidation sites excluding steroid dienone is 1. The lowest BCUT2D eigenvalue weighted by molar-refractivity contribution is 0.984. The molecule has 2 heteroatoms. The van der Waals surface area contributed by atoms with E-state index in [2.05, 4.69) is 228 Å². The Balaban J connectivity index is 1.04. The first-order valence-corrected chi connectivity index (χ1v) is 18.7. The monoisotopic (exact) mass is 692 g/mol. The summed E-state index contributed by atoms with van der Waals surface area (Å²) < 4.78 is 0. The fraction of sp³-hybridized carbons (Fsp3) is 0.0385. The number of nitrogens with zero attached hydrogens (tertiary/aromatic N) is 2. The normalized spacial score (nSPS) is 11.9. The van der Waals surface area contributed by atoms with E-state index in [1.165, 1.54) is 50.2 Å². The second-order valence-electron chi connectivity index (χ2n) is 13.7. The molecule has 0 atom stereocenters. The van der Waals surface area contributed by atoms with Crippen molar-refractivity contribution in [1.29, 1.82) is 0 Å². The van der Waals surface area contributed by atoms with Crippen molar-refractivity contribution < 1.29 is 0 Å². The fourth-order valence-corrected chi connectivity index (χ4v) is 7.57. The molecule has 0 N–H and O–H groups in total. The highest BCUT2D eigenvalue weighted by atomic mass is 15.1. The van der Waals surface area contributed by atoms with Gasteiger partial charge in [0.05, 0.1) is 5.69 Å². The summed E-state index contributed by atoms with van der Waals surface area (Å²) in [7, 11) is 0. The number of hydrogen-bond donors (Lipinski definition) is 0. The van der Waals surface area contributed by atoms with Crippen LogP contribution >= 0.6 is 0 Å². The van der Waals surface area contributed by atoms with E-state index in [0.29, 0.717) is 0 Å². The maximum absolute atomic E-state index is 2.38. The van der Waals surface area contributed by atoms with Crippen LogP contribution in [0.3, 0.4) is 0 Å². The molecule has 54 heavy (non-hydrogen) atoms. The average molecular weight is 693 g/mol. The molecule has 2 nitrogen and oxygen atoms in total. The summed E-state index contributed by atoms with van der Waals surface area (Å²) in [6, 6.07) is 74.2. The third-order valence-corrected chi connectivity index (χ3v) is 10.3. The number of hydrogen-bond acceptors (Lipinski definition) is 2. The zero-order valence-electron chi connectivity index (χ0n) is 30.1. The molecule has 0 aromatic heterocycles. The van der Waals surface area contributed by atoms with E-state index in [9.17, 15) is 0 Å². The summed E-state index contributed by atoms with van der Waals surface area (Å²) in [4.78, 5) is 4.72. The van der Waals surface area contributed by atoms with E-state index in [-0.39, 0.29) is 0 Å². The van der Waals surface area contributed by atoms with Gasteiger partial charge in [-0.05, 0) is 119 Å². The quantitative estimate of drug-likeness (QED) is 0.149. The second-order valence-corrected chi connectivity index (χ2v) is 13.7. The molecule has 0 heterocycles. The Hall–Kier alpha value is -6.90. The Bertz CT molecular complexity index is 2400. The summed E-state index contributed by atoms with van der Waals surface area (Å²) in [5, 5.41) is 0. The first-order chi connectivity index (χ1) is 26.8. The topological polar surface area (TPSA) is 6.48 Å². The van der Waals surface area contributed by atoms with Gasteiger partial charge in [-0.25, -0.2) is 0 Å². The van der Waals surface area contributed by atoms with Crippen LogP contribution in [0.25, 0.3) is 39.5 Å². The smallest absolute Gasteiger partial charge is 0.0536 e. The maximum atomic E-state index is 2.38. The molecule has 0 saturated carbocycles. The van der Waals surface area contributed by atoms with Crippen LogP contribution in [0.4, 0.5) is 34.1 Å². The predicted molar refractivity (Wildman–Crippen MR) is 229 cm³/mol. The summed E-state index contributed by atoms with van der Waals surface area (Å²) in [5.74, 6) is 0. The number of aryl methyl sites for hydroxylation is 1. The van der Waals surface area contributed by atoms with Crippen molar-refractivity contribution in [2.75, 3.05) is 9.80 Å². The van der Waals surface area contributed by atoms with Crippen molar-refractivity contribution in [1.82, 2.24) is 0 Å². The standard InChI is InChI=1S/C52H40N2/c1-4-13-39(14-5-1)41-23-31-47(32-24-41)53(48-33-25-42(26-34-48)40-15-6-2-7-16-40)49-35-27-43(28-36-49)44-29-37-50(38-30-44)54(46-19-8-3-9-20-46)52-22-12-18-45-17-10-11-21-51(45)52/h1-9,11-16,18-38H,10,17H2. The molecule has 1 aliphatic carbocycles. The fourth-order valence-electron chi connectivity index (χ4n) is 7.57. The number of benzene rings is 8. The van der Waals surface area contributed by atoms with Gasteiger partial charge in [0.1, 0.15) is 0 Å². The lowest BCUT2D eigenvalue weighted by Crippen LogP contribution is -2.12. The van der Waals surface area contributed by atoms with Crippen LogP contribution in [0, 0.1) is 0 Å². The second kappa shape index (κ2) is 15.0. The highest BCUT2D eigenvalue weighted by Gasteiger charge is 2.19. The third kappa shape index (κ3) is 6.74. The Morgan fingerprint density at radius 1 is 0.296 bits per heavy atom. The lowest BCUT2D eigenvalue weighted by Gasteiger charge is -2.29. The molecular formula is C52H40N2. The van der Waals surface area contributed by atoms with Gasteiger partial charge in [0.2, 0.25) is 0 Å². The largest absolute Gasteiger partial charge is 0.311 e. The minimum Gasteiger partial charge on any atom is -0.311 e. The third-order valence-electron chi connectivity index (χ3n) is 10.3. The Kier molecular flexibility index (Phi) is 9.15. The molecular weight excluding hydrogens is 653 g/mol. The van der Waals surface area contributed by atoms with Crippen LogP contribution in [0.15, 0.2) is 212 Å². The van der Waals surface area contributed by atoms with Gasteiger partial charge < -0.3 is 9.80 Å². The SMILES string of the molecule is C1=Cc2c(cccc2N(c2ccccc2)c2ccc(-c3ccc(N(c4ccc(-c5ccccc5)cc4)c4ccc(-c5ccccc5)cc4)cc3)cc2)CC1. The Morgan fingerprint density at radius 3 is 1.11 bits per heavy atom. The lowest BCUT2D eigenvalue weighted by atomic mass is 9.95. The van der Waals surface area contributed by atoms with Gasteiger partial charge in [-0.3, -0.25) is 0 Å². The molecule has 8 aromatic carbocycles. The first kappa shape index (κ1) is 33.0. The van der Waals surface area contributed by atoms with E-state index in [1.54, 1.807) is 0 Å². The zero-order valence-corrected chi connectivity index (χ0v) is 30.1. The molecule has 0 fully saturated rings. The first-order valence-electron chi connectivity index (χ1n) is 18.7. The molecule has 1 aliphatic rings. The van der Waals surface area contributed by atoms with Gasteiger partial charge in [-0.1, -0.05) is 152 Å². The van der Waals surface area contributed by atoms with Crippen molar-refractivity contribution in [3.05, 3.63) is 223 Å². The van der Waals surface area contributed by atoms with Crippen LogP contribution in [0.1, 0.15) is 17.5 Å². The number of anilines is 6. The molecule has 0 radical (unpaired) electrons. The van der Waals surface area contributed by atoms with Crippen molar-refractivity contribution in [2.45, 2.75) is 12.8 Å². The molecule has 8 aromatic rings. The molecule has 0 spiro atoms. The van der Waals surface area contributed by atoms with Gasteiger partial charge in [-0.15, -0.1) is 0 Å². The van der Waals surface area contributed by atoms with Gasteiger partial charge >= 0.3 is 0 Å². The van der Waals surface area contributed by atoms with Crippen LogP contribution in [-0.4, -0.2) is 0 Å². The minimum absolute atomic E-state index is 1.08. The van der Waals surface area contributed by atoms with E-state index in [4.69, 9.17) is 0 Å². The molecule has 0 unspecified atom stereocenters. The van der Waals surface area contributed by atoms with Crippen LogP contribution in [-0.2, 0) is 6.42 Å².